The van der Waals surface area contributed by atoms with E-state index in [1.54, 1.807) is 21.8 Å². The van der Waals surface area contributed by atoms with Crippen molar-refractivity contribution in [2.75, 3.05) is 0 Å². The number of hydrogen-bond acceptors (Lipinski definition) is 3. The summed E-state index contributed by atoms with van der Waals surface area (Å²) in [6, 6.07) is 0. The third-order valence-corrected chi connectivity index (χ3v) is 3.17. The fourth-order valence-corrected chi connectivity index (χ4v) is 2.22. The van der Waals surface area contributed by atoms with Crippen LogP contribution in [0.3, 0.4) is 0 Å². The molecule has 1 heterocycles. The second-order valence-corrected chi connectivity index (χ2v) is 3.60. The maximum absolute atomic E-state index is 3.13. The zero-order chi connectivity index (χ0) is 5.28. The van der Waals surface area contributed by atoms with E-state index < -0.39 is 0 Å². The lowest BCUT2D eigenvalue weighted by Crippen LogP contribution is -1.90. The van der Waals surface area contributed by atoms with E-state index in [0.29, 0.717) is 0 Å². The van der Waals surface area contributed by atoms with E-state index >= 15 is 0 Å². The Morgan fingerprint density at radius 3 is 2.29 bits per heavy atom. The quantitative estimate of drug-likeness (QED) is 0.401. The van der Waals surface area contributed by atoms with Crippen LogP contribution < -0.4 is 4.72 Å². The molecule has 0 saturated carbocycles. The van der Waals surface area contributed by atoms with Gasteiger partial charge in [0.15, 0.2) is 0 Å². The first-order chi connectivity index (χ1) is 3.30. The van der Waals surface area contributed by atoms with Gasteiger partial charge in [0.2, 0.25) is 0 Å². The number of rotatable bonds is 0. The molecule has 0 atom stereocenters. The van der Waals surface area contributed by atoms with E-state index in [1.807, 2.05) is 0 Å². The molecule has 1 aliphatic heterocycles. The molecule has 40 valence electrons. The topological polar surface area (TPSA) is 12.0 Å². The van der Waals surface area contributed by atoms with Crippen LogP contribution in [-0.2, 0) is 0 Å². The lowest BCUT2D eigenvalue weighted by atomic mass is 10.5. The summed E-state index contributed by atoms with van der Waals surface area (Å²) < 4.78 is 3.13. The highest BCUT2D eigenvalue weighted by Gasteiger charge is 2.04. The van der Waals surface area contributed by atoms with Gasteiger partial charge in [-0.15, -0.1) is 0 Å². The third kappa shape index (κ3) is 1.07. The highest BCUT2D eigenvalue weighted by molar-refractivity contribution is 8.77. The van der Waals surface area contributed by atoms with Crippen molar-refractivity contribution in [2.24, 2.45) is 0 Å². The minimum Gasteiger partial charge on any atom is -0.324 e. The first-order valence-corrected chi connectivity index (χ1v) is 4.22. The Kier molecular flexibility index (Phi) is 1.54. The number of allylic oxidation sites excluding steroid dienone is 2. The molecular weight excluding hydrogens is 126 g/mol. The molecule has 0 bridgehead atoms. The summed E-state index contributed by atoms with van der Waals surface area (Å²) in [7, 11) is 3.47. The molecule has 0 aromatic heterocycles. The van der Waals surface area contributed by atoms with E-state index in [2.05, 4.69) is 18.6 Å². The van der Waals surface area contributed by atoms with Crippen LogP contribution in [0.2, 0.25) is 0 Å². The highest BCUT2D eigenvalue weighted by Crippen LogP contribution is 2.35. The van der Waals surface area contributed by atoms with Crippen molar-refractivity contribution in [1.82, 2.24) is 4.72 Å². The minimum absolute atomic E-state index is 1.30. The van der Waals surface area contributed by atoms with Crippen LogP contribution in [-0.4, -0.2) is 0 Å². The fraction of sp³-hybridized carbons (Fsp3) is 0.500. The van der Waals surface area contributed by atoms with Gasteiger partial charge in [-0.1, -0.05) is 0 Å². The van der Waals surface area contributed by atoms with E-state index in [1.165, 1.54) is 10.6 Å². The van der Waals surface area contributed by atoms with E-state index in [4.69, 9.17) is 0 Å². The van der Waals surface area contributed by atoms with Crippen molar-refractivity contribution < 1.29 is 0 Å². The van der Waals surface area contributed by atoms with Crippen LogP contribution in [0.1, 0.15) is 13.8 Å². The molecule has 0 spiro atoms. The molecule has 0 aromatic rings. The smallest absolute Gasteiger partial charge is 0.0289 e. The summed E-state index contributed by atoms with van der Waals surface area (Å²) >= 11 is 0. The molecule has 0 fully saturated rings. The summed E-state index contributed by atoms with van der Waals surface area (Å²) in [4.78, 5) is 1.39. The average Bonchev–Trinajstić information content (AvgIpc) is 1.91. The molecule has 0 saturated heterocycles. The van der Waals surface area contributed by atoms with E-state index in [9.17, 15) is 0 Å². The van der Waals surface area contributed by atoms with Crippen molar-refractivity contribution in [3.05, 3.63) is 10.6 Å². The van der Waals surface area contributed by atoms with Gasteiger partial charge in [0, 0.05) is 21.6 Å². The first-order valence-electron chi connectivity index (χ1n) is 2.07. The predicted octanol–water partition coefficient (Wildman–Crippen LogP) is 2.14. The molecule has 1 nitrogen and oxygen atoms in total. The average molecular weight is 133 g/mol. The van der Waals surface area contributed by atoms with Crippen molar-refractivity contribution in [2.45, 2.75) is 13.8 Å². The lowest BCUT2D eigenvalue weighted by Gasteiger charge is -1.87. The SMILES string of the molecule is CC1=C(C)SSN1. The van der Waals surface area contributed by atoms with Crippen LogP contribution in [0.4, 0.5) is 0 Å². The van der Waals surface area contributed by atoms with Crippen LogP contribution in [0.25, 0.3) is 0 Å². The van der Waals surface area contributed by atoms with Crippen molar-refractivity contribution >= 4 is 21.8 Å². The van der Waals surface area contributed by atoms with Crippen LogP contribution in [0.5, 0.6) is 0 Å². The first kappa shape index (κ1) is 5.38. The molecule has 0 amide bonds. The van der Waals surface area contributed by atoms with E-state index in [-0.39, 0.29) is 0 Å². The normalized spacial score (nSPS) is 20.3. The Labute approximate surface area is 51.5 Å². The Hall–Kier alpha value is 0.240. The van der Waals surface area contributed by atoms with Crippen LogP contribution >= 0.6 is 21.8 Å². The van der Waals surface area contributed by atoms with Gasteiger partial charge in [0.25, 0.3) is 0 Å². The molecule has 0 aliphatic carbocycles. The van der Waals surface area contributed by atoms with Crippen LogP contribution in [0.15, 0.2) is 10.6 Å². The largest absolute Gasteiger partial charge is 0.324 e. The second kappa shape index (κ2) is 2.01. The molecular formula is C4H7NS2. The molecule has 0 aromatic carbocycles. The molecule has 0 radical (unpaired) electrons. The van der Waals surface area contributed by atoms with Gasteiger partial charge in [0.05, 0.1) is 0 Å². The Morgan fingerprint density at radius 2 is 2.14 bits per heavy atom. The summed E-state index contributed by atoms with van der Waals surface area (Å²) in [6.45, 7) is 4.20. The van der Waals surface area contributed by atoms with Gasteiger partial charge in [-0.3, -0.25) is 0 Å². The van der Waals surface area contributed by atoms with Gasteiger partial charge < -0.3 is 4.72 Å². The van der Waals surface area contributed by atoms with Crippen LogP contribution in [0, 0.1) is 0 Å². The summed E-state index contributed by atoms with van der Waals surface area (Å²) in [6.07, 6.45) is 0. The third-order valence-electron chi connectivity index (χ3n) is 0.890. The molecule has 7 heavy (non-hydrogen) atoms. The Bertz CT molecular complexity index is 96.3. The Morgan fingerprint density at radius 1 is 1.43 bits per heavy atom. The molecule has 1 rings (SSSR count). The Balaban J connectivity index is 2.64. The number of hydrogen-bond donors (Lipinski definition) is 1. The maximum Gasteiger partial charge on any atom is 0.0289 e. The van der Waals surface area contributed by atoms with Crippen molar-refractivity contribution in [3.8, 4) is 0 Å². The van der Waals surface area contributed by atoms with E-state index in [0.717, 1.165) is 0 Å². The maximum atomic E-state index is 3.13. The molecule has 3 heteroatoms. The van der Waals surface area contributed by atoms with Gasteiger partial charge in [-0.2, -0.15) is 0 Å². The molecule has 1 N–H and O–H groups in total. The molecule has 0 unspecified atom stereocenters. The second-order valence-electron chi connectivity index (χ2n) is 1.45. The predicted molar refractivity (Wildman–Crippen MR) is 36.7 cm³/mol. The minimum atomic E-state index is 1.30. The lowest BCUT2D eigenvalue weighted by molar-refractivity contribution is 1.20. The van der Waals surface area contributed by atoms with Crippen molar-refractivity contribution in [1.29, 1.82) is 0 Å². The highest BCUT2D eigenvalue weighted by atomic mass is 33.1. The van der Waals surface area contributed by atoms with Gasteiger partial charge in [-0.25, -0.2) is 0 Å². The summed E-state index contributed by atoms with van der Waals surface area (Å²) in [5.41, 5.74) is 1.30. The van der Waals surface area contributed by atoms with Gasteiger partial charge >= 0.3 is 0 Å². The van der Waals surface area contributed by atoms with Gasteiger partial charge in [-0.05, 0) is 24.6 Å². The summed E-state index contributed by atoms with van der Waals surface area (Å²) in [5.74, 6) is 0. The zero-order valence-electron chi connectivity index (χ0n) is 4.32. The fourth-order valence-electron chi connectivity index (χ4n) is 0.280. The van der Waals surface area contributed by atoms with Crippen molar-refractivity contribution in [3.63, 3.8) is 0 Å². The van der Waals surface area contributed by atoms with Gasteiger partial charge in [0.1, 0.15) is 0 Å². The number of nitrogens with one attached hydrogen (secondary N) is 1. The zero-order valence-corrected chi connectivity index (χ0v) is 5.95. The monoisotopic (exact) mass is 133 g/mol. The molecule has 1 aliphatic rings. The standard InChI is InChI=1S/C4H7NS2/c1-3-4(2)6-7-5-3/h5H,1-2H3. The summed E-state index contributed by atoms with van der Waals surface area (Å²) in [5, 5.41) is 0.